The van der Waals surface area contributed by atoms with Crippen molar-refractivity contribution in [1.82, 2.24) is 4.98 Å². The van der Waals surface area contributed by atoms with E-state index < -0.39 is 17.5 Å². The Balaban J connectivity index is 1.65. The van der Waals surface area contributed by atoms with E-state index in [1.54, 1.807) is 0 Å². The smallest absolute Gasteiger partial charge is 0.268 e. The summed E-state index contributed by atoms with van der Waals surface area (Å²) in [4.78, 5) is 18.5. The normalized spacial score (nSPS) is 16.5. The molecule has 1 aliphatic carbocycles. The summed E-state index contributed by atoms with van der Waals surface area (Å²) in [6.45, 7) is 6.85. The Morgan fingerprint density at radius 3 is 2.80 bits per heavy atom. The number of hydrogen-bond donors (Lipinski definition) is 2. The number of thiophene rings is 1. The van der Waals surface area contributed by atoms with Gasteiger partial charge in [-0.05, 0) is 54.4 Å². The quantitative estimate of drug-likeness (QED) is 0.538. The van der Waals surface area contributed by atoms with Gasteiger partial charge < -0.3 is 11.1 Å². The molecular formula is C23H25F2N3OS. The molecule has 1 unspecified atom stereocenters. The van der Waals surface area contributed by atoms with Crippen molar-refractivity contribution in [3.63, 3.8) is 0 Å². The van der Waals surface area contributed by atoms with E-state index in [0.29, 0.717) is 16.4 Å². The number of nitrogens with one attached hydrogen (secondary N) is 1. The zero-order valence-corrected chi connectivity index (χ0v) is 18.1. The fourth-order valence-corrected chi connectivity index (χ4v) is 5.08. The Morgan fingerprint density at radius 1 is 1.33 bits per heavy atom. The minimum Gasteiger partial charge on any atom is -0.397 e. The van der Waals surface area contributed by atoms with Crippen LogP contribution in [0.25, 0.3) is 10.2 Å². The molecular weight excluding hydrogens is 404 g/mol. The number of carbonyl (C=O) groups excluding carboxylic acids is 1. The predicted molar refractivity (Wildman–Crippen MR) is 118 cm³/mol. The topological polar surface area (TPSA) is 68.0 Å². The van der Waals surface area contributed by atoms with E-state index in [-0.39, 0.29) is 16.0 Å². The highest BCUT2D eigenvalue weighted by Crippen LogP contribution is 2.42. The molecule has 3 N–H and O–H groups in total. The molecule has 4 rings (SSSR count). The summed E-state index contributed by atoms with van der Waals surface area (Å²) < 4.78 is 27.0. The van der Waals surface area contributed by atoms with E-state index in [9.17, 15) is 13.6 Å². The molecule has 1 amide bonds. The number of amides is 1. The lowest BCUT2D eigenvalue weighted by atomic mass is 9.69. The van der Waals surface area contributed by atoms with Crippen LogP contribution in [0.5, 0.6) is 0 Å². The number of pyridine rings is 1. The van der Waals surface area contributed by atoms with Gasteiger partial charge in [0.05, 0.1) is 11.4 Å². The van der Waals surface area contributed by atoms with Gasteiger partial charge in [0, 0.05) is 17.1 Å². The van der Waals surface area contributed by atoms with Crippen LogP contribution in [-0.4, -0.2) is 10.9 Å². The van der Waals surface area contributed by atoms with Gasteiger partial charge in [-0.15, -0.1) is 11.3 Å². The van der Waals surface area contributed by atoms with E-state index in [1.165, 1.54) is 23.0 Å². The van der Waals surface area contributed by atoms with Gasteiger partial charge in [0.25, 0.3) is 5.91 Å². The molecule has 0 fully saturated rings. The minimum atomic E-state index is -0.832. The molecule has 1 atom stereocenters. The molecule has 0 saturated carbocycles. The van der Waals surface area contributed by atoms with Crippen LogP contribution in [0.15, 0.2) is 24.3 Å². The van der Waals surface area contributed by atoms with Crippen LogP contribution in [0.2, 0.25) is 0 Å². The van der Waals surface area contributed by atoms with E-state index >= 15 is 0 Å². The lowest BCUT2D eigenvalue weighted by molar-refractivity contribution is 0.103. The molecule has 2 aromatic heterocycles. The van der Waals surface area contributed by atoms with E-state index in [1.807, 2.05) is 0 Å². The van der Waals surface area contributed by atoms with Crippen molar-refractivity contribution in [2.75, 3.05) is 11.1 Å². The van der Waals surface area contributed by atoms with Gasteiger partial charge in [-0.2, -0.15) is 0 Å². The Morgan fingerprint density at radius 2 is 2.10 bits per heavy atom. The number of hydrogen-bond acceptors (Lipinski definition) is 4. The van der Waals surface area contributed by atoms with Crippen LogP contribution in [0.4, 0.5) is 20.2 Å². The lowest BCUT2D eigenvalue weighted by Crippen LogP contribution is -2.29. The molecule has 1 aromatic carbocycles. The van der Waals surface area contributed by atoms with Gasteiger partial charge in [-0.3, -0.25) is 4.79 Å². The first kappa shape index (κ1) is 20.7. The molecule has 7 heteroatoms. The molecule has 0 spiro atoms. The van der Waals surface area contributed by atoms with Crippen LogP contribution in [0.1, 0.15) is 54.5 Å². The molecule has 0 bridgehead atoms. The SMILES string of the molecule is CCC(C)(C)C1CCc2nc3sc(C(=O)Nc4ccc(F)cc4F)c(N)c3cc2C1. The van der Waals surface area contributed by atoms with Crippen LogP contribution in [0, 0.1) is 23.0 Å². The van der Waals surface area contributed by atoms with Crippen LogP contribution in [0.3, 0.4) is 0 Å². The van der Waals surface area contributed by atoms with Crippen molar-refractivity contribution < 1.29 is 13.6 Å². The van der Waals surface area contributed by atoms with E-state index in [0.717, 1.165) is 48.9 Å². The fraction of sp³-hybridized carbons (Fsp3) is 0.391. The number of anilines is 2. The third-order valence-corrected chi connectivity index (χ3v) is 7.60. The van der Waals surface area contributed by atoms with Gasteiger partial charge in [-0.25, -0.2) is 13.8 Å². The number of carbonyl (C=O) groups is 1. The molecule has 2 heterocycles. The lowest BCUT2D eigenvalue weighted by Gasteiger charge is -2.36. The third kappa shape index (κ3) is 3.67. The molecule has 0 radical (unpaired) electrons. The van der Waals surface area contributed by atoms with Gasteiger partial charge in [-0.1, -0.05) is 27.2 Å². The predicted octanol–water partition coefficient (Wildman–Crippen LogP) is 5.95. The van der Waals surface area contributed by atoms with E-state index in [4.69, 9.17) is 10.7 Å². The van der Waals surface area contributed by atoms with Crippen molar-refractivity contribution in [2.24, 2.45) is 11.3 Å². The number of nitrogens with two attached hydrogens (primary N) is 1. The number of aromatic nitrogens is 1. The second kappa shape index (κ2) is 7.61. The van der Waals surface area contributed by atoms with Crippen LogP contribution < -0.4 is 11.1 Å². The summed E-state index contributed by atoms with van der Waals surface area (Å²) in [7, 11) is 0. The van der Waals surface area contributed by atoms with Gasteiger partial charge in [0.2, 0.25) is 0 Å². The third-order valence-electron chi connectivity index (χ3n) is 6.49. The average molecular weight is 430 g/mol. The van der Waals surface area contributed by atoms with Crippen molar-refractivity contribution in [1.29, 1.82) is 0 Å². The summed E-state index contributed by atoms with van der Waals surface area (Å²) in [5.41, 5.74) is 9.08. The maximum atomic E-state index is 13.9. The highest BCUT2D eigenvalue weighted by atomic mass is 32.1. The average Bonchev–Trinajstić information content (AvgIpc) is 3.03. The van der Waals surface area contributed by atoms with E-state index in [2.05, 4.69) is 32.2 Å². The number of halogens is 2. The van der Waals surface area contributed by atoms with Gasteiger partial charge in [0.1, 0.15) is 21.3 Å². The molecule has 3 aromatic rings. The molecule has 0 aliphatic heterocycles. The summed E-state index contributed by atoms with van der Waals surface area (Å²) in [6, 6.07) is 5.08. The van der Waals surface area contributed by atoms with Crippen LogP contribution >= 0.6 is 11.3 Å². The first-order valence-electron chi connectivity index (χ1n) is 10.2. The standard InChI is InChI=1S/C23H25F2N3OS/c1-4-23(2,3)13-5-7-17-12(9-13)10-15-19(26)20(30-22(15)28-17)21(29)27-18-8-6-14(24)11-16(18)25/h6,8,10-11,13H,4-5,7,9,26H2,1-3H3,(H,27,29). The molecule has 4 nitrogen and oxygen atoms in total. The summed E-state index contributed by atoms with van der Waals surface area (Å²) in [5.74, 6) is -1.48. The molecule has 30 heavy (non-hydrogen) atoms. The Kier molecular flexibility index (Phi) is 5.26. The number of rotatable bonds is 4. The van der Waals surface area contributed by atoms with Crippen molar-refractivity contribution in [3.05, 3.63) is 52.0 Å². The monoisotopic (exact) mass is 429 g/mol. The maximum Gasteiger partial charge on any atom is 0.268 e. The Bertz CT molecular complexity index is 1140. The second-order valence-corrected chi connectivity index (χ2v) is 9.65. The Hall–Kier alpha value is -2.54. The number of nitrogens with zero attached hydrogens (tertiary/aromatic N) is 1. The fourth-order valence-electron chi connectivity index (χ4n) is 4.08. The van der Waals surface area contributed by atoms with Crippen molar-refractivity contribution >= 4 is 38.8 Å². The number of fused-ring (bicyclic) bond motifs is 2. The Labute approximate surface area is 178 Å². The highest BCUT2D eigenvalue weighted by molar-refractivity contribution is 7.21. The highest BCUT2D eigenvalue weighted by Gasteiger charge is 2.32. The zero-order valence-electron chi connectivity index (χ0n) is 17.3. The van der Waals surface area contributed by atoms with Gasteiger partial charge in [0.15, 0.2) is 0 Å². The summed E-state index contributed by atoms with van der Waals surface area (Å²) >= 11 is 1.20. The summed E-state index contributed by atoms with van der Waals surface area (Å²) in [5, 5.41) is 3.24. The van der Waals surface area contributed by atoms with Crippen LogP contribution in [-0.2, 0) is 12.8 Å². The maximum absolute atomic E-state index is 13.9. The first-order chi connectivity index (χ1) is 14.2. The second-order valence-electron chi connectivity index (χ2n) is 8.65. The number of aryl methyl sites for hydroxylation is 1. The number of nitrogen functional groups attached to an aromatic ring is 1. The zero-order chi connectivity index (χ0) is 21.6. The minimum absolute atomic E-state index is 0.0878. The van der Waals surface area contributed by atoms with Crippen molar-refractivity contribution in [2.45, 2.75) is 46.5 Å². The number of benzene rings is 1. The van der Waals surface area contributed by atoms with Crippen molar-refractivity contribution in [3.8, 4) is 0 Å². The first-order valence-corrected chi connectivity index (χ1v) is 11.0. The summed E-state index contributed by atoms with van der Waals surface area (Å²) in [6.07, 6.45) is 4.09. The molecule has 158 valence electrons. The molecule has 1 aliphatic rings. The van der Waals surface area contributed by atoms with Gasteiger partial charge >= 0.3 is 0 Å². The molecule has 0 saturated heterocycles. The largest absolute Gasteiger partial charge is 0.397 e.